The van der Waals surface area contributed by atoms with Crippen LogP contribution in [0.15, 0.2) is 35.1 Å². The summed E-state index contributed by atoms with van der Waals surface area (Å²) in [6.45, 7) is -1.68. The van der Waals surface area contributed by atoms with Crippen molar-refractivity contribution in [1.29, 1.82) is 0 Å². The molecule has 0 saturated heterocycles. The first-order valence-electron chi connectivity index (χ1n) is 7.42. The Labute approximate surface area is 158 Å². The van der Waals surface area contributed by atoms with Crippen LogP contribution in [-0.2, 0) is 0 Å². The van der Waals surface area contributed by atoms with Gasteiger partial charge in [-0.25, -0.2) is 0 Å². The van der Waals surface area contributed by atoms with E-state index in [4.69, 9.17) is 0 Å². The second kappa shape index (κ2) is 7.80. The second-order valence-electron chi connectivity index (χ2n) is 5.74. The van der Waals surface area contributed by atoms with Crippen LogP contribution in [0, 0.1) is 0 Å². The smallest absolute Gasteiger partial charge is 0.460 e. The van der Waals surface area contributed by atoms with E-state index in [1.807, 2.05) is 0 Å². The van der Waals surface area contributed by atoms with Gasteiger partial charge in [-0.3, -0.25) is 4.79 Å². The quantitative estimate of drug-likeness (QED) is 0.468. The Bertz CT molecular complexity index is 802. The van der Waals surface area contributed by atoms with Crippen LogP contribution in [0.1, 0.15) is 6.42 Å². The highest BCUT2D eigenvalue weighted by Gasteiger charge is 2.90. The lowest BCUT2D eigenvalue weighted by Gasteiger charge is -2.39. The van der Waals surface area contributed by atoms with Crippen molar-refractivity contribution >= 4 is 0 Å². The van der Waals surface area contributed by atoms with Crippen LogP contribution in [-0.4, -0.2) is 42.4 Å². The molecule has 15 heteroatoms. The summed E-state index contributed by atoms with van der Waals surface area (Å²) < 4.78 is 172. The van der Waals surface area contributed by atoms with Crippen molar-refractivity contribution in [3.63, 3.8) is 0 Å². The number of hydrogen-bond acceptors (Lipinski definition) is 2. The zero-order valence-corrected chi connectivity index (χ0v) is 14.0. The molecular weight excluding hydrogens is 459 g/mol. The van der Waals surface area contributed by atoms with Crippen molar-refractivity contribution in [2.45, 2.75) is 42.2 Å². The van der Waals surface area contributed by atoms with Crippen LogP contribution in [0.25, 0.3) is 0 Å². The van der Waals surface area contributed by atoms with E-state index in [0.29, 0.717) is 0 Å². The van der Waals surface area contributed by atoms with Gasteiger partial charge in [0.15, 0.2) is 5.75 Å². The largest absolute Gasteiger partial charge is 0.489 e. The first-order valence-corrected chi connectivity index (χ1v) is 7.42. The summed E-state index contributed by atoms with van der Waals surface area (Å²) in [5.74, 6) is -37.9. The van der Waals surface area contributed by atoms with Gasteiger partial charge in [0.25, 0.3) is 0 Å². The Morgan fingerprint density at radius 2 is 1.10 bits per heavy atom. The standard InChI is InChI=1S/C15H9F13O2/c16-10(17,6-7-30-9-5-3-1-2-4-8(9)29)11(18,19)12(20,21)13(22,23)14(24,25)15(26,27)28/h1-5H,6-7H2. The summed E-state index contributed by atoms with van der Waals surface area (Å²) in [5, 5.41) is 0. The molecule has 2 nitrogen and oxygen atoms in total. The molecule has 0 aliphatic heterocycles. The minimum atomic E-state index is -7.94. The van der Waals surface area contributed by atoms with Crippen LogP contribution in [0.2, 0.25) is 0 Å². The maximum absolute atomic E-state index is 13.5. The molecule has 30 heavy (non-hydrogen) atoms. The Morgan fingerprint density at radius 3 is 1.60 bits per heavy atom. The molecule has 0 aliphatic carbocycles. The number of alkyl halides is 13. The van der Waals surface area contributed by atoms with Crippen molar-refractivity contribution in [1.82, 2.24) is 0 Å². The molecule has 0 radical (unpaired) electrons. The van der Waals surface area contributed by atoms with Crippen molar-refractivity contribution in [3.05, 3.63) is 40.6 Å². The lowest BCUT2D eigenvalue weighted by molar-refractivity contribution is -0.440. The zero-order chi connectivity index (χ0) is 23.8. The van der Waals surface area contributed by atoms with Crippen LogP contribution < -0.4 is 10.2 Å². The monoisotopic (exact) mass is 468 g/mol. The van der Waals surface area contributed by atoms with Gasteiger partial charge in [-0.2, -0.15) is 57.1 Å². The Balaban J connectivity index is 3.17. The molecule has 0 N–H and O–H groups in total. The third kappa shape index (κ3) is 4.15. The second-order valence-corrected chi connectivity index (χ2v) is 5.74. The van der Waals surface area contributed by atoms with Crippen molar-refractivity contribution in [2.24, 2.45) is 0 Å². The molecule has 0 amide bonds. The van der Waals surface area contributed by atoms with E-state index in [2.05, 4.69) is 4.74 Å². The summed E-state index contributed by atoms with van der Waals surface area (Å²) in [6, 6.07) is 5.14. The predicted octanol–water partition coefficient (Wildman–Crippen LogP) is 5.55. The van der Waals surface area contributed by atoms with Gasteiger partial charge in [-0.1, -0.05) is 18.2 Å². The van der Waals surface area contributed by atoms with Crippen LogP contribution in [0.3, 0.4) is 0 Å². The minimum absolute atomic E-state index is 0.750. The summed E-state index contributed by atoms with van der Waals surface area (Å²) in [5.41, 5.74) is -0.989. The zero-order valence-electron chi connectivity index (χ0n) is 14.0. The van der Waals surface area contributed by atoms with E-state index in [-0.39, 0.29) is 0 Å². The van der Waals surface area contributed by atoms with Gasteiger partial charge in [0, 0.05) is 0 Å². The Kier molecular flexibility index (Phi) is 6.71. The van der Waals surface area contributed by atoms with Gasteiger partial charge in [-0.05, 0) is 12.1 Å². The van der Waals surface area contributed by atoms with Gasteiger partial charge in [-0.15, -0.1) is 0 Å². The average molecular weight is 468 g/mol. The number of ether oxygens (including phenoxy) is 1. The van der Waals surface area contributed by atoms with Crippen molar-refractivity contribution < 1.29 is 61.8 Å². The molecule has 172 valence electrons. The fraction of sp³-hybridized carbons (Fsp3) is 0.533. The fourth-order valence-corrected chi connectivity index (χ4v) is 1.88. The number of halogens is 13. The Morgan fingerprint density at radius 1 is 0.633 bits per heavy atom. The third-order valence-corrected chi connectivity index (χ3v) is 3.63. The normalized spacial score (nSPS) is 14.6. The van der Waals surface area contributed by atoms with E-state index in [1.165, 1.54) is 6.07 Å². The predicted molar refractivity (Wildman–Crippen MR) is 73.6 cm³/mol. The lowest BCUT2D eigenvalue weighted by atomic mass is 9.93. The lowest BCUT2D eigenvalue weighted by Crippen LogP contribution is -2.70. The van der Waals surface area contributed by atoms with E-state index in [9.17, 15) is 61.9 Å². The molecule has 1 aromatic rings. The van der Waals surface area contributed by atoms with Gasteiger partial charge in [0.1, 0.15) is 0 Å². The summed E-state index contributed by atoms with van der Waals surface area (Å²) in [4.78, 5) is 11.4. The molecule has 0 unspecified atom stereocenters. The molecule has 0 heterocycles. The van der Waals surface area contributed by atoms with E-state index in [1.54, 1.807) is 0 Å². The maximum atomic E-state index is 13.5. The highest BCUT2D eigenvalue weighted by atomic mass is 19.4. The molecule has 0 aliphatic rings. The summed E-state index contributed by atoms with van der Waals surface area (Å²) in [6.07, 6.45) is -10.00. The molecule has 0 atom stereocenters. The summed E-state index contributed by atoms with van der Waals surface area (Å²) in [7, 11) is 0. The fourth-order valence-electron chi connectivity index (χ4n) is 1.88. The van der Waals surface area contributed by atoms with E-state index >= 15 is 0 Å². The van der Waals surface area contributed by atoms with Gasteiger partial charge in [0.05, 0.1) is 13.0 Å². The SMILES string of the molecule is O=c1cccccc1OCCC(F)(F)C(F)(F)C(F)(F)C(F)(F)C(F)(F)C(F)(F)F. The highest BCUT2D eigenvalue weighted by Crippen LogP contribution is 2.60. The average Bonchev–Trinajstić information content (AvgIpc) is 2.77. The van der Waals surface area contributed by atoms with E-state index < -0.39 is 60.0 Å². The first-order chi connectivity index (χ1) is 13.2. The maximum Gasteiger partial charge on any atom is 0.460 e. The van der Waals surface area contributed by atoms with Gasteiger partial charge >= 0.3 is 35.8 Å². The minimum Gasteiger partial charge on any atom is -0.489 e. The number of hydrogen-bond donors (Lipinski definition) is 0. The number of rotatable bonds is 8. The molecule has 0 aromatic heterocycles. The third-order valence-electron chi connectivity index (χ3n) is 3.63. The molecule has 1 aromatic carbocycles. The van der Waals surface area contributed by atoms with Crippen LogP contribution in [0.4, 0.5) is 57.1 Å². The molecular formula is C15H9F13O2. The summed E-state index contributed by atoms with van der Waals surface area (Å²) >= 11 is 0. The molecule has 0 saturated carbocycles. The first kappa shape index (κ1) is 25.8. The molecule has 0 bridgehead atoms. The molecule has 1 rings (SSSR count). The van der Waals surface area contributed by atoms with E-state index in [0.717, 1.165) is 24.3 Å². The Hall–Kier alpha value is -2.22. The van der Waals surface area contributed by atoms with Crippen molar-refractivity contribution in [2.75, 3.05) is 6.61 Å². The van der Waals surface area contributed by atoms with Gasteiger partial charge in [0.2, 0.25) is 5.43 Å². The highest BCUT2D eigenvalue weighted by molar-refractivity contribution is 5.20. The molecule has 0 spiro atoms. The van der Waals surface area contributed by atoms with Crippen molar-refractivity contribution in [3.8, 4) is 5.75 Å². The molecule has 0 fully saturated rings. The topological polar surface area (TPSA) is 26.3 Å². The van der Waals surface area contributed by atoms with Gasteiger partial charge < -0.3 is 4.74 Å². The van der Waals surface area contributed by atoms with Crippen LogP contribution in [0.5, 0.6) is 5.75 Å². The van der Waals surface area contributed by atoms with Crippen LogP contribution >= 0.6 is 0 Å².